The summed E-state index contributed by atoms with van der Waals surface area (Å²) >= 11 is 0. The number of nitrogens with one attached hydrogen (secondary N) is 1. The summed E-state index contributed by atoms with van der Waals surface area (Å²) in [4.78, 5) is 10.2. The molecule has 0 fully saturated rings. The molecule has 7 heteroatoms. The van der Waals surface area contributed by atoms with Gasteiger partial charge in [0.1, 0.15) is 6.61 Å². The average molecular weight is 203 g/mol. The maximum Gasteiger partial charge on any atom is 0.315 e. The maximum atomic E-state index is 11.5. The van der Waals surface area contributed by atoms with Crippen molar-refractivity contribution in [2.75, 3.05) is 19.8 Å². The molecule has 0 aliphatic heterocycles. The molecule has 78 valence electrons. The van der Waals surface area contributed by atoms with Crippen molar-refractivity contribution in [1.82, 2.24) is 5.32 Å². The third kappa shape index (κ3) is 7.51. The van der Waals surface area contributed by atoms with Gasteiger partial charge in [-0.15, -0.1) is 0 Å². The van der Waals surface area contributed by atoms with Gasteiger partial charge in [0.2, 0.25) is 0 Å². The van der Waals surface area contributed by atoms with Crippen LogP contribution in [0.4, 0.5) is 17.6 Å². The molecule has 0 heterocycles. The zero-order valence-corrected chi connectivity index (χ0v) is 6.60. The van der Waals surface area contributed by atoms with Crippen molar-refractivity contribution in [1.29, 1.82) is 0 Å². The smallest absolute Gasteiger partial charge is 0.315 e. The minimum Gasteiger partial charge on any atom is -0.374 e. The summed E-state index contributed by atoms with van der Waals surface area (Å²) in [7, 11) is 0. The molecule has 3 nitrogen and oxygen atoms in total. The Labute approximate surface area is 72.1 Å². The Bertz CT molecular complexity index is 154. The molecule has 0 aliphatic rings. The topological polar surface area (TPSA) is 38.3 Å². The number of alkyl halides is 4. The summed E-state index contributed by atoms with van der Waals surface area (Å²) in [5, 5.41) is 1.80. The van der Waals surface area contributed by atoms with Gasteiger partial charge in [-0.1, -0.05) is 0 Å². The third-order valence-electron chi connectivity index (χ3n) is 0.988. The van der Waals surface area contributed by atoms with Gasteiger partial charge >= 0.3 is 6.43 Å². The van der Waals surface area contributed by atoms with E-state index in [1.807, 2.05) is 0 Å². The second kappa shape index (κ2) is 6.64. The zero-order valence-electron chi connectivity index (χ0n) is 6.60. The van der Waals surface area contributed by atoms with Crippen molar-refractivity contribution in [3.8, 4) is 0 Å². The molecule has 1 N–H and O–H groups in total. The predicted molar refractivity (Wildman–Crippen MR) is 35.8 cm³/mol. The molecule has 0 aromatic carbocycles. The van der Waals surface area contributed by atoms with Crippen LogP contribution in [0, 0.1) is 0 Å². The van der Waals surface area contributed by atoms with Crippen LogP contribution < -0.4 is 5.32 Å². The van der Waals surface area contributed by atoms with E-state index in [2.05, 4.69) is 4.74 Å². The van der Waals surface area contributed by atoms with Crippen molar-refractivity contribution in [3.05, 3.63) is 0 Å². The first kappa shape index (κ1) is 12.2. The lowest BCUT2D eigenvalue weighted by molar-refractivity contribution is -0.132. The van der Waals surface area contributed by atoms with Gasteiger partial charge in [-0.05, 0) is 0 Å². The molecule has 0 saturated heterocycles. The Hall–Kier alpha value is -0.850. The minimum absolute atomic E-state index is 0.199. The van der Waals surface area contributed by atoms with Crippen molar-refractivity contribution in [2.24, 2.45) is 0 Å². The summed E-state index contributed by atoms with van der Waals surface area (Å²) in [6, 6.07) is 0. The summed E-state index contributed by atoms with van der Waals surface area (Å²) in [5.41, 5.74) is 0. The van der Waals surface area contributed by atoms with Crippen LogP contribution in [0.1, 0.15) is 0 Å². The van der Waals surface area contributed by atoms with Crippen LogP contribution in [0.25, 0.3) is 0 Å². The SMILES string of the molecule is O=C(NCCOCC(F)F)C(F)F. The van der Waals surface area contributed by atoms with Crippen LogP contribution >= 0.6 is 0 Å². The minimum atomic E-state index is -3.09. The van der Waals surface area contributed by atoms with Crippen molar-refractivity contribution in [3.63, 3.8) is 0 Å². The van der Waals surface area contributed by atoms with Crippen molar-refractivity contribution >= 4 is 5.91 Å². The predicted octanol–water partition coefficient (Wildman–Crippen LogP) is 0.649. The van der Waals surface area contributed by atoms with Gasteiger partial charge in [-0.2, -0.15) is 8.78 Å². The van der Waals surface area contributed by atoms with E-state index < -0.39 is 25.4 Å². The van der Waals surface area contributed by atoms with Crippen LogP contribution in [0.2, 0.25) is 0 Å². The van der Waals surface area contributed by atoms with Crippen molar-refractivity contribution < 1.29 is 27.1 Å². The monoisotopic (exact) mass is 203 g/mol. The van der Waals surface area contributed by atoms with Crippen molar-refractivity contribution in [2.45, 2.75) is 12.9 Å². The number of hydrogen-bond donors (Lipinski definition) is 1. The number of halogens is 4. The number of amides is 1. The fraction of sp³-hybridized carbons (Fsp3) is 0.833. The highest BCUT2D eigenvalue weighted by atomic mass is 19.3. The second-order valence-corrected chi connectivity index (χ2v) is 2.06. The largest absolute Gasteiger partial charge is 0.374 e. The molecule has 13 heavy (non-hydrogen) atoms. The van der Waals surface area contributed by atoms with Gasteiger partial charge < -0.3 is 10.1 Å². The molecule has 0 saturated carbocycles. The first-order chi connectivity index (χ1) is 6.04. The van der Waals surface area contributed by atoms with E-state index in [1.54, 1.807) is 5.32 Å². The first-order valence-electron chi connectivity index (χ1n) is 3.45. The van der Waals surface area contributed by atoms with Crippen LogP contribution in [0.3, 0.4) is 0 Å². The fourth-order valence-electron chi connectivity index (χ4n) is 0.496. The molecule has 0 bridgehead atoms. The highest BCUT2D eigenvalue weighted by Crippen LogP contribution is 1.92. The van der Waals surface area contributed by atoms with E-state index in [0.717, 1.165) is 0 Å². The maximum absolute atomic E-state index is 11.5. The summed E-state index contributed by atoms with van der Waals surface area (Å²) in [6.07, 6.45) is -5.68. The van der Waals surface area contributed by atoms with Crippen LogP contribution in [-0.2, 0) is 9.53 Å². The standard InChI is InChI=1S/C6H9F4NO2/c7-4(8)3-13-2-1-11-6(12)5(9)10/h4-5H,1-3H2,(H,11,12). The lowest BCUT2D eigenvalue weighted by Crippen LogP contribution is -2.32. The number of rotatable bonds is 6. The Morgan fingerprint density at radius 2 is 1.92 bits per heavy atom. The van der Waals surface area contributed by atoms with Crippen LogP contribution in [-0.4, -0.2) is 38.5 Å². The molecule has 0 rings (SSSR count). The van der Waals surface area contributed by atoms with E-state index in [-0.39, 0.29) is 13.2 Å². The molecule has 0 spiro atoms. The molecule has 1 amide bonds. The molecular weight excluding hydrogens is 194 g/mol. The Balaban J connectivity index is 3.21. The van der Waals surface area contributed by atoms with Crippen LogP contribution in [0.15, 0.2) is 0 Å². The molecular formula is C6H9F4NO2. The van der Waals surface area contributed by atoms with E-state index in [9.17, 15) is 22.4 Å². The normalized spacial score (nSPS) is 10.9. The lowest BCUT2D eigenvalue weighted by atomic mass is 10.6. The molecule has 0 aromatic heterocycles. The Kier molecular flexibility index (Phi) is 6.21. The van der Waals surface area contributed by atoms with Gasteiger partial charge in [0.25, 0.3) is 12.3 Å². The fourth-order valence-corrected chi connectivity index (χ4v) is 0.496. The van der Waals surface area contributed by atoms with Gasteiger partial charge in [-0.25, -0.2) is 8.78 Å². The first-order valence-corrected chi connectivity index (χ1v) is 3.45. The molecule has 0 aromatic rings. The molecule has 0 aliphatic carbocycles. The van der Waals surface area contributed by atoms with E-state index in [4.69, 9.17) is 0 Å². The summed E-state index contributed by atoms with van der Waals surface area (Å²) in [5.74, 6) is -1.43. The Morgan fingerprint density at radius 3 is 2.38 bits per heavy atom. The summed E-state index contributed by atoms with van der Waals surface area (Å²) < 4.78 is 50.1. The highest BCUT2D eigenvalue weighted by Gasteiger charge is 2.13. The van der Waals surface area contributed by atoms with Gasteiger partial charge in [0.05, 0.1) is 6.61 Å². The van der Waals surface area contributed by atoms with E-state index in [0.29, 0.717) is 0 Å². The number of carbonyl (C=O) groups excluding carboxylic acids is 1. The molecule has 0 atom stereocenters. The highest BCUT2D eigenvalue weighted by molar-refractivity contribution is 5.78. The van der Waals surface area contributed by atoms with Gasteiger partial charge in [0, 0.05) is 6.54 Å². The molecule has 0 unspecified atom stereocenters. The van der Waals surface area contributed by atoms with Gasteiger partial charge in [0.15, 0.2) is 0 Å². The molecule has 0 radical (unpaired) electrons. The number of carbonyl (C=O) groups is 1. The van der Waals surface area contributed by atoms with E-state index in [1.165, 1.54) is 0 Å². The Morgan fingerprint density at radius 1 is 1.31 bits per heavy atom. The zero-order chi connectivity index (χ0) is 10.3. The number of hydrogen-bond acceptors (Lipinski definition) is 2. The second-order valence-electron chi connectivity index (χ2n) is 2.06. The lowest BCUT2D eigenvalue weighted by Gasteiger charge is -2.04. The van der Waals surface area contributed by atoms with Gasteiger partial charge in [-0.3, -0.25) is 4.79 Å². The number of ether oxygens (including phenoxy) is 1. The third-order valence-corrected chi connectivity index (χ3v) is 0.988. The average Bonchev–Trinajstić information content (AvgIpc) is 2.02. The van der Waals surface area contributed by atoms with E-state index >= 15 is 0 Å². The summed E-state index contributed by atoms with van der Waals surface area (Å²) in [6.45, 7) is -1.16. The van der Waals surface area contributed by atoms with Crippen LogP contribution in [0.5, 0.6) is 0 Å². The quantitative estimate of drug-likeness (QED) is 0.508.